The number of nitrogens with one attached hydrogen (secondary N) is 1. The van der Waals surface area contributed by atoms with Crippen molar-refractivity contribution in [3.8, 4) is 0 Å². The van der Waals surface area contributed by atoms with E-state index in [-0.39, 0.29) is 9.79 Å². The van der Waals surface area contributed by atoms with Gasteiger partial charge in [-0.1, -0.05) is 12.1 Å². The molecule has 0 saturated carbocycles. The summed E-state index contributed by atoms with van der Waals surface area (Å²) in [4.78, 5) is -0.217. The van der Waals surface area contributed by atoms with Crippen molar-refractivity contribution in [2.24, 2.45) is 0 Å². The second kappa shape index (κ2) is 5.43. The predicted octanol–water partition coefficient (Wildman–Crippen LogP) is 3.36. The molecule has 6 heteroatoms. The van der Waals surface area contributed by atoms with Crippen molar-refractivity contribution in [2.45, 2.75) is 29.7 Å². The summed E-state index contributed by atoms with van der Waals surface area (Å²) in [5.41, 5.74) is 2.43. The Kier molecular flexibility index (Phi) is 3.47. The van der Waals surface area contributed by atoms with Crippen LogP contribution < -0.4 is 5.32 Å². The minimum Gasteiger partial charge on any atom is -0.460 e. The Morgan fingerprint density at radius 2 is 2.00 bits per heavy atom. The highest BCUT2D eigenvalue weighted by Gasteiger charge is 2.25. The molecular weight excluding hydrogens is 329 g/mol. The molecule has 0 atom stereocenters. The third-order valence-electron chi connectivity index (χ3n) is 4.40. The minimum absolute atomic E-state index is 0.0896. The molecular formula is C18H16FNO3S. The average molecular weight is 345 g/mol. The van der Waals surface area contributed by atoms with Crippen molar-refractivity contribution in [2.75, 3.05) is 6.54 Å². The van der Waals surface area contributed by atoms with Gasteiger partial charge >= 0.3 is 0 Å². The van der Waals surface area contributed by atoms with Gasteiger partial charge in [-0.05, 0) is 36.8 Å². The van der Waals surface area contributed by atoms with Gasteiger partial charge in [0, 0.05) is 30.5 Å². The zero-order valence-corrected chi connectivity index (χ0v) is 13.9. The first-order chi connectivity index (χ1) is 11.5. The number of furan rings is 1. The van der Waals surface area contributed by atoms with E-state index in [0.717, 1.165) is 41.3 Å². The van der Waals surface area contributed by atoms with E-state index in [0.29, 0.717) is 12.1 Å². The molecule has 0 bridgehead atoms. The highest BCUT2D eigenvalue weighted by atomic mass is 32.2. The Labute approximate surface area is 139 Å². The van der Waals surface area contributed by atoms with E-state index in [2.05, 4.69) is 5.32 Å². The fourth-order valence-electron chi connectivity index (χ4n) is 3.19. The van der Waals surface area contributed by atoms with E-state index in [9.17, 15) is 12.8 Å². The predicted molar refractivity (Wildman–Crippen MR) is 88.2 cm³/mol. The number of fused-ring (bicyclic) bond motifs is 3. The zero-order chi connectivity index (χ0) is 16.9. The van der Waals surface area contributed by atoms with Gasteiger partial charge in [0.05, 0.1) is 4.90 Å². The summed E-state index contributed by atoms with van der Waals surface area (Å²) < 4.78 is 45.6. The first-order valence-corrected chi connectivity index (χ1v) is 9.22. The van der Waals surface area contributed by atoms with Crippen LogP contribution in [0.4, 0.5) is 4.39 Å². The molecule has 0 spiro atoms. The summed E-state index contributed by atoms with van der Waals surface area (Å²) >= 11 is 0. The highest BCUT2D eigenvalue weighted by molar-refractivity contribution is 7.91. The maximum absolute atomic E-state index is 14.0. The van der Waals surface area contributed by atoms with E-state index in [1.54, 1.807) is 12.1 Å². The van der Waals surface area contributed by atoms with Crippen LogP contribution in [-0.2, 0) is 22.8 Å². The van der Waals surface area contributed by atoms with Crippen LogP contribution in [0.3, 0.4) is 0 Å². The lowest BCUT2D eigenvalue weighted by atomic mass is 10.0. The summed E-state index contributed by atoms with van der Waals surface area (Å²) in [6, 6.07) is 8.58. The first-order valence-electron chi connectivity index (χ1n) is 7.74. The van der Waals surface area contributed by atoms with Crippen LogP contribution in [0.5, 0.6) is 0 Å². The summed E-state index contributed by atoms with van der Waals surface area (Å²) in [5.74, 6) is 0.151. The molecule has 24 heavy (non-hydrogen) atoms. The maximum Gasteiger partial charge on any atom is 0.209 e. The Bertz CT molecular complexity index is 1050. The van der Waals surface area contributed by atoms with E-state index in [4.69, 9.17) is 4.42 Å². The minimum atomic E-state index is -3.93. The fraction of sp³-hybridized carbons (Fsp3) is 0.222. The number of benzene rings is 2. The SMILES string of the molecule is Cc1cc(S(=O)(=O)c2ccccc2F)cc2c3c(oc12)CCNC3. The number of hydrogen-bond acceptors (Lipinski definition) is 4. The van der Waals surface area contributed by atoms with Gasteiger partial charge in [0.15, 0.2) is 0 Å². The molecule has 2 heterocycles. The Morgan fingerprint density at radius 3 is 2.79 bits per heavy atom. The third kappa shape index (κ3) is 2.25. The lowest BCUT2D eigenvalue weighted by Crippen LogP contribution is -2.22. The van der Waals surface area contributed by atoms with E-state index < -0.39 is 15.7 Å². The monoisotopic (exact) mass is 345 g/mol. The van der Waals surface area contributed by atoms with Crippen LogP contribution in [0.1, 0.15) is 16.9 Å². The third-order valence-corrected chi connectivity index (χ3v) is 6.17. The largest absolute Gasteiger partial charge is 0.460 e. The Hall–Kier alpha value is -2.18. The molecule has 0 radical (unpaired) electrons. The number of hydrogen-bond donors (Lipinski definition) is 1. The van der Waals surface area contributed by atoms with Gasteiger partial charge in [-0.3, -0.25) is 0 Å². The van der Waals surface area contributed by atoms with Gasteiger partial charge in [0.1, 0.15) is 22.1 Å². The van der Waals surface area contributed by atoms with Crippen molar-refractivity contribution in [1.82, 2.24) is 5.32 Å². The molecule has 1 aliphatic heterocycles. The van der Waals surface area contributed by atoms with Crippen LogP contribution in [0.2, 0.25) is 0 Å². The summed E-state index contributed by atoms with van der Waals surface area (Å²) in [6.45, 7) is 3.29. The van der Waals surface area contributed by atoms with Crippen LogP contribution in [-0.4, -0.2) is 15.0 Å². The van der Waals surface area contributed by atoms with Crippen LogP contribution in [0, 0.1) is 12.7 Å². The molecule has 0 unspecified atom stereocenters. The molecule has 0 amide bonds. The van der Waals surface area contributed by atoms with Gasteiger partial charge in [-0.2, -0.15) is 0 Å². The second-order valence-electron chi connectivity index (χ2n) is 5.98. The Balaban J connectivity index is 1.96. The topological polar surface area (TPSA) is 59.3 Å². The van der Waals surface area contributed by atoms with Gasteiger partial charge in [0.25, 0.3) is 0 Å². The molecule has 124 valence electrons. The molecule has 1 aromatic heterocycles. The lowest BCUT2D eigenvalue weighted by Gasteiger charge is -2.11. The van der Waals surface area contributed by atoms with Gasteiger partial charge in [-0.25, -0.2) is 12.8 Å². The van der Waals surface area contributed by atoms with Crippen molar-refractivity contribution < 1.29 is 17.2 Å². The van der Waals surface area contributed by atoms with Crippen LogP contribution >= 0.6 is 0 Å². The molecule has 1 N–H and O–H groups in total. The normalized spacial score (nSPS) is 14.8. The van der Waals surface area contributed by atoms with Gasteiger partial charge in [-0.15, -0.1) is 0 Å². The number of sulfone groups is 1. The molecule has 0 aliphatic carbocycles. The van der Waals surface area contributed by atoms with Gasteiger partial charge < -0.3 is 9.73 Å². The standard InChI is InChI=1S/C18H16FNO3S/c1-11-8-12(24(21,22)17-5-3-2-4-15(17)19)9-13-14-10-20-7-6-16(14)23-18(11)13/h2-5,8-9,20H,6-7,10H2,1H3. The van der Waals surface area contributed by atoms with Gasteiger partial charge in [0.2, 0.25) is 9.84 Å². The average Bonchev–Trinajstić information content (AvgIpc) is 2.94. The molecule has 0 fully saturated rings. The van der Waals surface area contributed by atoms with E-state index in [1.165, 1.54) is 18.2 Å². The number of rotatable bonds is 2. The molecule has 4 nitrogen and oxygen atoms in total. The van der Waals surface area contributed by atoms with Crippen molar-refractivity contribution >= 4 is 20.8 Å². The maximum atomic E-state index is 14.0. The van der Waals surface area contributed by atoms with Crippen LogP contribution in [0.15, 0.2) is 50.6 Å². The van der Waals surface area contributed by atoms with E-state index in [1.807, 2.05) is 6.92 Å². The fourth-order valence-corrected chi connectivity index (χ4v) is 4.63. The van der Waals surface area contributed by atoms with Crippen molar-refractivity contribution in [1.29, 1.82) is 0 Å². The lowest BCUT2D eigenvalue weighted by molar-refractivity contribution is 0.499. The molecule has 3 aromatic rings. The number of aryl methyl sites for hydroxylation is 1. The summed E-state index contributed by atoms with van der Waals surface area (Å²) in [5, 5.41) is 4.05. The zero-order valence-electron chi connectivity index (χ0n) is 13.1. The molecule has 1 aliphatic rings. The summed E-state index contributed by atoms with van der Waals surface area (Å²) in [6.07, 6.45) is 0.777. The smallest absolute Gasteiger partial charge is 0.209 e. The Morgan fingerprint density at radius 1 is 1.21 bits per heavy atom. The molecule has 0 saturated heterocycles. The quantitative estimate of drug-likeness (QED) is 0.774. The molecule has 2 aromatic carbocycles. The van der Waals surface area contributed by atoms with Crippen LogP contribution in [0.25, 0.3) is 11.0 Å². The molecule has 4 rings (SSSR count). The first kappa shape index (κ1) is 15.4. The van der Waals surface area contributed by atoms with Crippen molar-refractivity contribution in [3.63, 3.8) is 0 Å². The number of halogens is 1. The van der Waals surface area contributed by atoms with E-state index >= 15 is 0 Å². The summed E-state index contributed by atoms with van der Waals surface area (Å²) in [7, 11) is -3.93. The highest BCUT2D eigenvalue weighted by Crippen LogP contribution is 2.34. The second-order valence-corrected chi connectivity index (χ2v) is 7.90. The van der Waals surface area contributed by atoms with Crippen molar-refractivity contribution in [3.05, 3.63) is 59.1 Å².